The lowest BCUT2D eigenvalue weighted by atomic mass is 10.1. The molecular weight excluding hydrogens is 346 g/mol. The largest absolute Gasteiger partial charge is 0.334 e. The Bertz CT molecular complexity index is 726. The molecule has 3 rings (SSSR count). The second-order valence-corrected chi connectivity index (χ2v) is 7.34. The van der Waals surface area contributed by atoms with Crippen LogP contribution in [0.1, 0.15) is 42.5 Å². The van der Waals surface area contributed by atoms with E-state index in [1.165, 1.54) is 31.5 Å². The fourth-order valence-corrected chi connectivity index (χ4v) is 3.45. The topological polar surface area (TPSA) is 44.4 Å². The van der Waals surface area contributed by atoms with E-state index in [9.17, 15) is 4.79 Å². The maximum Gasteiger partial charge on any atom is 0.315 e. The highest BCUT2D eigenvalue weighted by molar-refractivity contribution is 6.30. The van der Waals surface area contributed by atoms with E-state index in [2.05, 4.69) is 39.8 Å². The molecule has 138 valence electrons. The number of nitrogens with one attached hydrogen (secondary N) is 2. The first kappa shape index (κ1) is 18.7. The molecule has 2 amide bonds. The number of carbonyl (C=O) groups excluding carboxylic acids is 1. The number of hydrogen-bond donors (Lipinski definition) is 2. The molecule has 4 nitrogen and oxygen atoms in total. The summed E-state index contributed by atoms with van der Waals surface area (Å²) < 4.78 is 0. The van der Waals surface area contributed by atoms with Crippen LogP contribution in [0, 0.1) is 0 Å². The smallest absolute Gasteiger partial charge is 0.315 e. The summed E-state index contributed by atoms with van der Waals surface area (Å²) in [5, 5.41) is 6.52. The van der Waals surface area contributed by atoms with Crippen molar-refractivity contribution in [3.63, 3.8) is 0 Å². The number of carbonyl (C=O) groups is 1. The quantitative estimate of drug-likeness (QED) is 0.785. The summed E-state index contributed by atoms with van der Waals surface area (Å²) in [4.78, 5) is 14.6. The molecule has 26 heavy (non-hydrogen) atoms. The van der Waals surface area contributed by atoms with Crippen LogP contribution >= 0.6 is 11.6 Å². The van der Waals surface area contributed by atoms with Gasteiger partial charge in [0.2, 0.25) is 0 Å². The second-order valence-electron chi connectivity index (χ2n) is 6.90. The third-order valence-electron chi connectivity index (χ3n) is 4.78. The minimum atomic E-state index is -0.182. The van der Waals surface area contributed by atoms with Gasteiger partial charge in [-0.15, -0.1) is 0 Å². The Morgan fingerprint density at radius 2 is 1.81 bits per heavy atom. The molecule has 1 heterocycles. The summed E-state index contributed by atoms with van der Waals surface area (Å²) in [6.45, 7) is 5.88. The highest BCUT2D eigenvalue weighted by Gasteiger charge is 2.12. The molecule has 1 fully saturated rings. The highest BCUT2D eigenvalue weighted by Crippen LogP contribution is 2.17. The molecule has 1 saturated heterocycles. The van der Waals surface area contributed by atoms with Crippen molar-refractivity contribution in [2.75, 3.05) is 13.1 Å². The maximum atomic E-state index is 12.1. The molecule has 1 unspecified atom stereocenters. The fourth-order valence-electron chi connectivity index (χ4n) is 3.25. The summed E-state index contributed by atoms with van der Waals surface area (Å²) in [5.74, 6) is 0. The molecule has 0 bridgehead atoms. The average Bonchev–Trinajstić information content (AvgIpc) is 3.14. The molecule has 1 atom stereocenters. The summed E-state index contributed by atoms with van der Waals surface area (Å²) in [5.41, 5.74) is 3.41. The van der Waals surface area contributed by atoms with E-state index < -0.39 is 0 Å². The first-order chi connectivity index (χ1) is 12.6. The Hall–Kier alpha value is -2.04. The van der Waals surface area contributed by atoms with Gasteiger partial charge in [0.25, 0.3) is 0 Å². The van der Waals surface area contributed by atoms with Gasteiger partial charge in [-0.2, -0.15) is 0 Å². The van der Waals surface area contributed by atoms with Gasteiger partial charge in [-0.05, 0) is 61.7 Å². The molecule has 2 N–H and O–H groups in total. The van der Waals surface area contributed by atoms with E-state index in [0.29, 0.717) is 11.6 Å². The Morgan fingerprint density at radius 1 is 1.12 bits per heavy atom. The van der Waals surface area contributed by atoms with Crippen LogP contribution < -0.4 is 10.6 Å². The molecule has 2 aromatic rings. The second kappa shape index (κ2) is 9.06. The number of amides is 2. The molecule has 1 aliphatic heterocycles. The van der Waals surface area contributed by atoms with Gasteiger partial charge in [0, 0.05) is 18.1 Å². The van der Waals surface area contributed by atoms with E-state index in [1.807, 2.05) is 31.2 Å². The molecule has 0 saturated carbocycles. The zero-order valence-corrected chi connectivity index (χ0v) is 15.9. The van der Waals surface area contributed by atoms with Crippen molar-refractivity contribution in [3.05, 3.63) is 70.2 Å². The first-order valence-electron chi connectivity index (χ1n) is 9.20. The Balaban J connectivity index is 1.45. The lowest BCUT2D eigenvalue weighted by molar-refractivity contribution is 0.237. The zero-order valence-electron chi connectivity index (χ0n) is 15.2. The van der Waals surface area contributed by atoms with Crippen LogP contribution in [-0.4, -0.2) is 24.0 Å². The number of halogens is 1. The Kier molecular flexibility index (Phi) is 6.53. The van der Waals surface area contributed by atoms with E-state index in [-0.39, 0.29) is 12.1 Å². The van der Waals surface area contributed by atoms with Crippen LogP contribution in [0.15, 0.2) is 48.5 Å². The number of likely N-dealkylation sites (tertiary alicyclic amines) is 1. The fraction of sp³-hybridized carbons (Fsp3) is 0.381. The van der Waals surface area contributed by atoms with Crippen molar-refractivity contribution in [2.24, 2.45) is 0 Å². The van der Waals surface area contributed by atoms with Crippen LogP contribution in [0.5, 0.6) is 0 Å². The molecule has 0 spiro atoms. The standard InChI is InChI=1S/C21H26ClN3O/c1-16(19-5-4-6-20(22)13-19)24-21(26)23-14-17-7-9-18(10-8-17)15-25-11-2-3-12-25/h4-10,13,16H,2-3,11-12,14-15H2,1H3,(H2,23,24,26). The molecule has 2 aromatic carbocycles. The van der Waals surface area contributed by atoms with Crippen molar-refractivity contribution >= 4 is 17.6 Å². The lowest BCUT2D eigenvalue weighted by Gasteiger charge is -2.16. The third kappa shape index (κ3) is 5.48. The normalized spacial score (nSPS) is 15.6. The molecular formula is C21H26ClN3O. The van der Waals surface area contributed by atoms with Gasteiger partial charge in [-0.25, -0.2) is 4.79 Å². The van der Waals surface area contributed by atoms with E-state index in [0.717, 1.165) is 17.7 Å². The zero-order chi connectivity index (χ0) is 18.4. The lowest BCUT2D eigenvalue weighted by Crippen LogP contribution is -2.36. The Morgan fingerprint density at radius 3 is 2.50 bits per heavy atom. The monoisotopic (exact) mass is 371 g/mol. The number of hydrogen-bond acceptors (Lipinski definition) is 2. The van der Waals surface area contributed by atoms with Crippen molar-refractivity contribution in [3.8, 4) is 0 Å². The molecule has 1 aliphatic rings. The number of rotatable bonds is 6. The van der Waals surface area contributed by atoms with Crippen molar-refractivity contribution in [1.29, 1.82) is 0 Å². The number of benzene rings is 2. The van der Waals surface area contributed by atoms with Crippen molar-refractivity contribution < 1.29 is 4.79 Å². The van der Waals surface area contributed by atoms with Gasteiger partial charge < -0.3 is 10.6 Å². The molecule has 5 heteroatoms. The SMILES string of the molecule is CC(NC(=O)NCc1ccc(CN2CCCC2)cc1)c1cccc(Cl)c1. The number of urea groups is 1. The van der Waals surface area contributed by atoms with E-state index >= 15 is 0 Å². The van der Waals surface area contributed by atoms with Crippen LogP contribution in [0.25, 0.3) is 0 Å². The van der Waals surface area contributed by atoms with Crippen LogP contribution in [0.4, 0.5) is 4.79 Å². The van der Waals surface area contributed by atoms with Gasteiger partial charge in [0.05, 0.1) is 6.04 Å². The van der Waals surface area contributed by atoms with Crippen molar-refractivity contribution in [2.45, 2.75) is 38.9 Å². The minimum Gasteiger partial charge on any atom is -0.334 e. The number of nitrogens with zero attached hydrogens (tertiary/aromatic N) is 1. The predicted octanol–water partition coefficient (Wildman–Crippen LogP) is 4.50. The van der Waals surface area contributed by atoms with E-state index in [4.69, 9.17) is 11.6 Å². The van der Waals surface area contributed by atoms with Crippen LogP contribution in [0.2, 0.25) is 5.02 Å². The summed E-state index contributed by atoms with van der Waals surface area (Å²) in [6, 6.07) is 15.7. The third-order valence-corrected chi connectivity index (χ3v) is 5.01. The van der Waals surface area contributed by atoms with Crippen molar-refractivity contribution in [1.82, 2.24) is 15.5 Å². The van der Waals surface area contributed by atoms with Crippen LogP contribution in [-0.2, 0) is 13.1 Å². The van der Waals surface area contributed by atoms with E-state index in [1.54, 1.807) is 0 Å². The van der Waals surface area contributed by atoms with Gasteiger partial charge in [0.15, 0.2) is 0 Å². The first-order valence-corrected chi connectivity index (χ1v) is 9.58. The van der Waals surface area contributed by atoms with Gasteiger partial charge in [-0.1, -0.05) is 48.0 Å². The molecule has 0 aromatic heterocycles. The maximum absolute atomic E-state index is 12.1. The summed E-state index contributed by atoms with van der Waals surface area (Å²) in [6.07, 6.45) is 2.62. The van der Waals surface area contributed by atoms with Gasteiger partial charge >= 0.3 is 6.03 Å². The predicted molar refractivity (Wildman–Crippen MR) is 106 cm³/mol. The minimum absolute atomic E-state index is 0.100. The molecule has 0 aliphatic carbocycles. The molecule has 0 radical (unpaired) electrons. The Labute approximate surface area is 160 Å². The summed E-state index contributed by atoms with van der Waals surface area (Å²) in [7, 11) is 0. The highest BCUT2D eigenvalue weighted by atomic mass is 35.5. The van der Waals surface area contributed by atoms with Gasteiger partial charge in [-0.3, -0.25) is 4.90 Å². The van der Waals surface area contributed by atoms with Gasteiger partial charge in [0.1, 0.15) is 0 Å². The summed E-state index contributed by atoms with van der Waals surface area (Å²) >= 11 is 6.00. The van der Waals surface area contributed by atoms with Crippen LogP contribution in [0.3, 0.4) is 0 Å². The average molecular weight is 372 g/mol.